The number of carbonyl (C=O) groups excluding carboxylic acids is 1. The van der Waals surface area contributed by atoms with Crippen LogP contribution in [-0.4, -0.2) is 30.1 Å². The van der Waals surface area contributed by atoms with Crippen molar-refractivity contribution in [2.45, 2.75) is 57.0 Å². The molecular formula is C18H24N4O4S2. The first-order valence-corrected chi connectivity index (χ1v) is 11.2. The van der Waals surface area contributed by atoms with Gasteiger partial charge in [-0.2, -0.15) is 0 Å². The molecule has 3 rings (SSSR count). The van der Waals surface area contributed by atoms with Gasteiger partial charge in [0.25, 0.3) is 10.0 Å². The third-order valence-electron chi connectivity index (χ3n) is 4.31. The normalized spacial score (nSPS) is 18.4. The van der Waals surface area contributed by atoms with E-state index in [-0.39, 0.29) is 21.3 Å². The van der Waals surface area contributed by atoms with Gasteiger partial charge in [-0.25, -0.2) is 13.1 Å². The first kappa shape index (κ1) is 20.7. The van der Waals surface area contributed by atoms with E-state index in [1.165, 1.54) is 0 Å². The fourth-order valence-electron chi connectivity index (χ4n) is 2.92. The van der Waals surface area contributed by atoms with Gasteiger partial charge in [0.05, 0.1) is 6.04 Å². The summed E-state index contributed by atoms with van der Waals surface area (Å²) in [5.74, 6) is 0.182. The first-order valence-electron chi connectivity index (χ1n) is 8.93. The number of ether oxygens (including phenoxy) is 1. The van der Waals surface area contributed by atoms with Crippen LogP contribution in [0.25, 0.3) is 0 Å². The van der Waals surface area contributed by atoms with Crippen LogP contribution in [0, 0.1) is 12.8 Å². The van der Waals surface area contributed by atoms with Crippen LogP contribution in [0.15, 0.2) is 22.5 Å². The summed E-state index contributed by atoms with van der Waals surface area (Å²) in [4.78, 5) is 11.8. The lowest BCUT2D eigenvalue weighted by atomic mass is 9.90. The van der Waals surface area contributed by atoms with E-state index in [2.05, 4.69) is 20.2 Å². The highest BCUT2D eigenvalue weighted by Crippen LogP contribution is 2.40. The molecule has 152 valence electrons. The maximum Gasteiger partial charge on any atom is 0.270 e. The number of anilines is 1. The summed E-state index contributed by atoms with van der Waals surface area (Å²) in [7, 11) is -3.91. The second-order valence-electron chi connectivity index (χ2n) is 7.80. The number of hydrogen-bond donors (Lipinski definition) is 2. The van der Waals surface area contributed by atoms with Crippen molar-refractivity contribution in [3.05, 3.63) is 29.3 Å². The van der Waals surface area contributed by atoms with Crippen molar-refractivity contribution in [3.8, 4) is 5.75 Å². The number of hydrogen-bond acceptors (Lipinski definition) is 7. The Balaban J connectivity index is 1.85. The summed E-state index contributed by atoms with van der Waals surface area (Å²) in [6.45, 7) is 9.27. The molecule has 8 nitrogen and oxygen atoms in total. The molecular weight excluding hydrogens is 400 g/mol. The number of fused-ring (bicyclic) bond motifs is 1. The number of sulfonamides is 1. The van der Waals surface area contributed by atoms with Crippen LogP contribution in [0.1, 0.15) is 51.3 Å². The van der Waals surface area contributed by atoms with Gasteiger partial charge in [-0.15, -0.1) is 10.2 Å². The predicted molar refractivity (Wildman–Crippen MR) is 107 cm³/mol. The Hall–Kier alpha value is -2.04. The van der Waals surface area contributed by atoms with Crippen molar-refractivity contribution >= 4 is 32.4 Å². The molecule has 10 heteroatoms. The van der Waals surface area contributed by atoms with E-state index in [0.29, 0.717) is 12.2 Å². The molecule has 1 aromatic carbocycles. The summed E-state index contributed by atoms with van der Waals surface area (Å²) < 4.78 is 34.3. The van der Waals surface area contributed by atoms with Crippen LogP contribution in [-0.2, 0) is 14.8 Å². The van der Waals surface area contributed by atoms with Crippen molar-refractivity contribution in [1.29, 1.82) is 0 Å². The fourth-order valence-corrected chi connectivity index (χ4v) is 5.05. The zero-order chi connectivity index (χ0) is 20.7. The van der Waals surface area contributed by atoms with E-state index >= 15 is 0 Å². The first-order chi connectivity index (χ1) is 13.0. The summed E-state index contributed by atoms with van der Waals surface area (Å²) in [6, 6.07) is 5.25. The van der Waals surface area contributed by atoms with Crippen molar-refractivity contribution in [3.63, 3.8) is 0 Å². The number of amides is 1. The molecule has 1 aliphatic heterocycles. The molecule has 28 heavy (non-hydrogen) atoms. The maximum atomic E-state index is 12.9. The van der Waals surface area contributed by atoms with Gasteiger partial charge >= 0.3 is 0 Å². The lowest BCUT2D eigenvalue weighted by Gasteiger charge is -2.37. The third kappa shape index (κ3) is 4.50. The minimum absolute atomic E-state index is 0.155. The zero-order valence-corrected chi connectivity index (χ0v) is 18.1. The average molecular weight is 425 g/mol. The summed E-state index contributed by atoms with van der Waals surface area (Å²) in [6.07, 6.45) is 0.470. The molecule has 0 saturated carbocycles. The Morgan fingerprint density at radius 2 is 2.04 bits per heavy atom. The molecule has 0 aliphatic carbocycles. The fraction of sp³-hybridized carbons (Fsp3) is 0.500. The monoisotopic (exact) mass is 424 g/mol. The van der Waals surface area contributed by atoms with E-state index in [9.17, 15) is 13.2 Å². The molecule has 1 aromatic heterocycles. The molecule has 2 heterocycles. The van der Waals surface area contributed by atoms with Crippen molar-refractivity contribution in [2.24, 2.45) is 5.92 Å². The van der Waals surface area contributed by atoms with Gasteiger partial charge in [0, 0.05) is 17.9 Å². The van der Waals surface area contributed by atoms with E-state index in [0.717, 1.165) is 22.5 Å². The highest BCUT2D eigenvalue weighted by molar-refractivity contribution is 7.91. The minimum atomic E-state index is -3.91. The van der Waals surface area contributed by atoms with Crippen LogP contribution in [0.3, 0.4) is 0 Å². The smallest absolute Gasteiger partial charge is 0.270 e. The molecule has 0 saturated heterocycles. The van der Waals surface area contributed by atoms with Gasteiger partial charge in [-0.3, -0.25) is 4.79 Å². The molecule has 0 spiro atoms. The number of aryl methyl sites for hydroxylation is 1. The molecule has 1 amide bonds. The second kappa shape index (κ2) is 7.41. The van der Waals surface area contributed by atoms with E-state index in [1.54, 1.807) is 13.8 Å². The van der Waals surface area contributed by atoms with Gasteiger partial charge in [0.2, 0.25) is 15.4 Å². The molecule has 0 bridgehead atoms. The van der Waals surface area contributed by atoms with E-state index in [4.69, 9.17) is 4.74 Å². The van der Waals surface area contributed by atoms with Crippen LogP contribution in [0.2, 0.25) is 0 Å². The Morgan fingerprint density at radius 1 is 1.32 bits per heavy atom. The van der Waals surface area contributed by atoms with Gasteiger partial charge < -0.3 is 10.1 Å². The van der Waals surface area contributed by atoms with Crippen LogP contribution >= 0.6 is 11.3 Å². The van der Waals surface area contributed by atoms with Crippen LogP contribution in [0.4, 0.5) is 5.13 Å². The van der Waals surface area contributed by atoms with Crippen molar-refractivity contribution < 1.29 is 17.9 Å². The van der Waals surface area contributed by atoms with Gasteiger partial charge in [-0.05, 0) is 32.4 Å². The standard InChI is InChI=1S/C18H24N4O4S2/c1-10(2)15(23)19-16-20-21-17(27-16)28(24,25)22-13-9-18(4,5)26-14-8-11(3)6-7-12(13)14/h6-8,10,13,22H,9H2,1-5H3,(H,19,20,23). The molecule has 1 atom stereocenters. The van der Waals surface area contributed by atoms with Gasteiger partial charge in [0.15, 0.2) is 0 Å². The number of rotatable bonds is 5. The average Bonchev–Trinajstić information content (AvgIpc) is 3.02. The van der Waals surface area contributed by atoms with Gasteiger partial charge in [-0.1, -0.05) is 37.3 Å². The zero-order valence-electron chi connectivity index (χ0n) is 16.4. The minimum Gasteiger partial charge on any atom is -0.487 e. The van der Waals surface area contributed by atoms with Crippen molar-refractivity contribution in [2.75, 3.05) is 5.32 Å². The third-order valence-corrected chi connectivity index (χ3v) is 6.99. The van der Waals surface area contributed by atoms with Crippen molar-refractivity contribution in [1.82, 2.24) is 14.9 Å². The Labute approximate surface area is 168 Å². The second-order valence-corrected chi connectivity index (χ2v) is 10.7. The maximum absolute atomic E-state index is 12.9. The van der Waals surface area contributed by atoms with Crippen LogP contribution < -0.4 is 14.8 Å². The number of aromatic nitrogens is 2. The molecule has 0 radical (unpaired) electrons. The number of carbonyl (C=O) groups is 1. The highest BCUT2D eigenvalue weighted by atomic mass is 32.2. The lowest BCUT2D eigenvalue weighted by Crippen LogP contribution is -2.41. The molecule has 0 fully saturated rings. The highest BCUT2D eigenvalue weighted by Gasteiger charge is 2.37. The summed E-state index contributed by atoms with van der Waals surface area (Å²) in [5, 5.41) is 10.2. The molecule has 2 N–H and O–H groups in total. The van der Waals surface area contributed by atoms with E-state index < -0.39 is 21.7 Å². The predicted octanol–water partition coefficient (Wildman–Crippen LogP) is 3.02. The Bertz CT molecular complexity index is 999. The number of benzene rings is 1. The number of nitrogens with zero attached hydrogens (tertiary/aromatic N) is 2. The topological polar surface area (TPSA) is 110 Å². The summed E-state index contributed by atoms with van der Waals surface area (Å²) >= 11 is 0.822. The van der Waals surface area contributed by atoms with Gasteiger partial charge in [0.1, 0.15) is 11.4 Å². The molecule has 1 aliphatic rings. The Kier molecular flexibility index (Phi) is 5.48. The lowest BCUT2D eigenvalue weighted by molar-refractivity contribution is -0.118. The number of nitrogens with one attached hydrogen (secondary N) is 2. The largest absolute Gasteiger partial charge is 0.487 e. The quantitative estimate of drug-likeness (QED) is 0.714. The molecule has 1 unspecified atom stereocenters. The molecule has 2 aromatic rings. The SMILES string of the molecule is Cc1ccc2c(c1)OC(C)(C)CC2NS(=O)(=O)c1nnc(NC(=O)C(C)C)s1. The Morgan fingerprint density at radius 3 is 2.71 bits per heavy atom. The summed E-state index contributed by atoms with van der Waals surface area (Å²) in [5.41, 5.74) is 1.30. The van der Waals surface area contributed by atoms with E-state index in [1.807, 2.05) is 39.0 Å². The van der Waals surface area contributed by atoms with Crippen LogP contribution in [0.5, 0.6) is 5.75 Å².